The Morgan fingerprint density at radius 1 is 1.56 bits per heavy atom. The van der Waals surface area contributed by atoms with Crippen LogP contribution in [0.4, 0.5) is 5.69 Å². The Hall–Kier alpha value is -1.51. The lowest BCUT2D eigenvalue weighted by Crippen LogP contribution is -2.26. The molecule has 0 heterocycles. The molecule has 0 aromatic heterocycles. The van der Waals surface area contributed by atoms with Gasteiger partial charge in [-0.3, -0.25) is 4.79 Å². The number of hydrogen-bond acceptors (Lipinski definition) is 2. The van der Waals surface area contributed by atoms with Gasteiger partial charge in [0.2, 0.25) is 5.91 Å². The van der Waals surface area contributed by atoms with Gasteiger partial charge in [-0.25, -0.2) is 0 Å². The van der Waals surface area contributed by atoms with E-state index in [1.165, 1.54) is 0 Å². The van der Waals surface area contributed by atoms with Gasteiger partial charge < -0.3 is 11.1 Å². The van der Waals surface area contributed by atoms with Crippen molar-refractivity contribution >= 4 is 11.6 Å². The predicted octanol–water partition coefficient (Wildman–Crippen LogP) is 1.93. The fraction of sp³-hybridized carbons (Fsp3) is 0.462. The van der Waals surface area contributed by atoms with Crippen LogP contribution >= 0.6 is 0 Å². The van der Waals surface area contributed by atoms with Gasteiger partial charge in [-0.2, -0.15) is 0 Å². The Bertz CT molecular complexity index is 412. The van der Waals surface area contributed by atoms with E-state index in [1.807, 2.05) is 24.3 Å². The fourth-order valence-corrected chi connectivity index (χ4v) is 1.93. The van der Waals surface area contributed by atoms with E-state index < -0.39 is 0 Å². The van der Waals surface area contributed by atoms with E-state index in [2.05, 4.69) is 19.2 Å². The van der Waals surface area contributed by atoms with Crippen molar-refractivity contribution in [3.63, 3.8) is 0 Å². The lowest BCUT2D eigenvalue weighted by molar-refractivity contribution is -0.123. The van der Waals surface area contributed by atoms with Crippen LogP contribution in [-0.2, 0) is 11.3 Å². The van der Waals surface area contributed by atoms with Gasteiger partial charge in [0.15, 0.2) is 0 Å². The third-order valence-electron chi connectivity index (χ3n) is 3.25. The number of carbonyl (C=O) groups excluding carboxylic acids is 1. The molecule has 3 N–H and O–H groups in total. The number of hydrogen-bond donors (Lipinski definition) is 2. The highest BCUT2D eigenvalue weighted by Gasteiger charge is 2.50. The smallest absolute Gasteiger partial charge is 0.223 e. The van der Waals surface area contributed by atoms with Gasteiger partial charge in [0, 0.05) is 18.2 Å². The molecule has 3 heteroatoms. The van der Waals surface area contributed by atoms with Crippen molar-refractivity contribution in [3.8, 4) is 0 Å². The summed E-state index contributed by atoms with van der Waals surface area (Å²) in [5.74, 6) is 0.348. The van der Waals surface area contributed by atoms with Gasteiger partial charge in [0.05, 0.1) is 0 Å². The maximum Gasteiger partial charge on any atom is 0.223 e. The first-order valence-electron chi connectivity index (χ1n) is 5.61. The quantitative estimate of drug-likeness (QED) is 0.762. The highest BCUT2D eigenvalue weighted by atomic mass is 16.2. The Labute approximate surface area is 96.0 Å². The van der Waals surface area contributed by atoms with Crippen molar-refractivity contribution in [3.05, 3.63) is 29.8 Å². The Morgan fingerprint density at radius 3 is 2.81 bits per heavy atom. The maximum absolute atomic E-state index is 11.7. The first-order chi connectivity index (χ1) is 7.49. The summed E-state index contributed by atoms with van der Waals surface area (Å²) in [5, 5.41) is 2.95. The number of nitrogens with two attached hydrogens (primary N) is 1. The summed E-state index contributed by atoms with van der Waals surface area (Å²) >= 11 is 0. The average Bonchev–Trinajstić information content (AvgIpc) is 2.85. The number of amides is 1. The van der Waals surface area contributed by atoms with Gasteiger partial charge in [-0.15, -0.1) is 0 Å². The molecule has 1 atom stereocenters. The molecule has 0 aliphatic heterocycles. The average molecular weight is 218 g/mol. The van der Waals surface area contributed by atoms with Crippen molar-refractivity contribution < 1.29 is 4.79 Å². The second kappa shape index (κ2) is 3.81. The molecule has 16 heavy (non-hydrogen) atoms. The van der Waals surface area contributed by atoms with E-state index in [0.717, 1.165) is 17.7 Å². The van der Waals surface area contributed by atoms with Crippen molar-refractivity contribution in [2.24, 2.45) is 11.3 Å². The number of nitrogens with one attached hydrogen (secondary N) is 1. The molecule has 1 aliphatic rings. The summed E-state index contributed by atoms with van der Waals surface area (Å²) in [6, 6.07) is 7.60. The van der Waals surface area contributed by atoms with Crippen LogP contribution in [0.2, 0.25) is 0 Å². The van der Waals surface area contributed by atoms with Gasteiger partial charge in [-0.1, -0.05) is 26.0 Å². The lowest BCUT2D eigenvalue weighted by Gasteiger charge is -2.07. The monoisotopic (exact) mass is 218 g/mol. The molecule has 1 aromatic carbocycles. The number of benzene rings is 1. The molecule has 1 saturated carbocycles. The second-order valence-electron chi connectivity index (χ2n) is 5.21. The largest absolute Gasteiger partial charge is 0.399 e. The molecule has 3 nitrogen and oxygen atoms in total. The van der Waals surface area contributed by atoms with Crippen LogP contribution in [0.1, 0.15) is 25.8 Å². The van der Waals surface area contributed by atoms with Crippen LogP contribution in [0, 0.1) is 11.3 Å². The van der Waals surface area contributed by atoms with Gasteiger partial charge in [0.25, 0.3) is 0 Å². The Morgan fingerprint density at radius 2 is 2.25 bits per heavy atom. The van der Waals surface area contributed by atoms with Gasteiger partial charge in [0.1, 0.15) is 0 Å². The summed E-state index contributed by atoms with van der Waals surface area (Å²) in [5.41, 5.74) is 7.64. The zero-order valence-corrected chi connectivity index (χ0v) is 9.79. The molecule has 0 spiro atoms. The summed E-state index contributed by atoms with van der Waals surface area (Å²) in [4.78, 5) is 11.7. The summed E-state index contributed by atoms with van der Waals surface area (Å²) in [6.45, 7) is 4.81. The molecule has 1 unspecified atom stereocenters. The minimum absolute atomic E-state index is 0.160. The second-order valence-corrected chi connectivity index (χ2v) is 5.21. The molecule has 86 valence electrons. The standard InChI is InChI=1S/C13H18N2O/c1-13(2)7-11(13)12(16)15-8-9-4-3-5-10(14)6-9/h3-6,11H,7-8,14H2,1-2H3,(H,15,16). The van der Waals surface area contributed by atoms with Crippen molar-refractivity contribution in [1.29, 1.82) is 0 Å². The SMILES string of the molecule is CC1(C)CC1C(=O)NCc1cccc(N)c1. The molecule has 1 amide bonds. The fourth-order valence-electron chi connectivity index (χ4n) is 1.93. The highest BCUT2D eigenvalue weighted by molar-refractivity contribution is 5.82. The van der Waals surface area contributed by atoms with Crippen LogP contribution in [0.5, 0.6) is 0 Å². The minimum atomic E-state index is 0.160. The summed E-state index contributed by atoms with van der Waals surface area (Å²) in [6.07, 6.45) is 0.996. The van der Waals surface area contributed by atoms with Crippen LogP contribution in [-0.4, -0.2) is 5.91 Å². The minimum Gasteiger partial charge on any atom is -0.399 e. The van der Waals surface area contributed by atoms with E-state index in [9.17, 15) is 4.79 Å². The first-order valence-corrected chi connectivity index (χ1v) is 5.61. The maximum atomic E-state index is 11.7. The third-order valence-corrected chi connectivity index (χ3v) is 3.25. The number of nitrogen functional groups attached to an aromatic ring is 1. The van der Waals surface area contributed by atoms with Gasteiger partial charge in [-0.05, 0) is 29.5 Å². The molecule has 0 saturated heterocycles. The molecule has 0 bridgehead atoms. The van der Waals surface area contributed by atoms with Crippen LogP contribution in [0.3, 0.4) is 0 Å². The number of anilines is 1. The van der Waals surface area contributed by atoms with Crippen molar-refractivity contribution in [2.45, 2.75) is 26.8 Å². The number of carbonyl (C=O) groups is 1. The first kappa shape index (κ1) is 11.0. The molecule has 1 aromatic rings. The van der Waals surface area contributed by atoms with Crippen molar-refractivity contribution in [1.82, 2.24) is 5.32 Å². The zero-order chi connectivity index (χ0) is 11.8. The van der Waals surface area contributed by atoms with E-state index in [-0.39, 0.29) is 17.2 Å². The number of rotatable bonds is 3. The molecule has 0 radical (unpaired) electrons. The lowest BCUT2D eigenvalue weighted by atomic mass is 10.1. The Kier molecular flexibility index (Phi) is 2.62. The summed E-state index contributed by atoms with van der Waals surface area (Å²) in [7, 11) is 0. The normalized spacial score (nSPS) is 21.5. The van der Waals surface area contributed by atoms with E-state index in [4.69, 9.17) is 5.73 Å². The van der Waals surface area contributed by atoms with E-state index >= 15 is 0 Å². The van der Waals surface area contributed by atoms with Crippen molar-refractivity contribution in [2.75, 3.05) is 5.73 Å². The molecular weight excluding hydrogens is 200 g/mol. The van der Waals surface area contributed by atoms with E-state index in [0.29, 0.717) is 6.54 Å². The van der Waals surface area contributed by atoms with Crippen LogP contribution in [0.25, 0.3) is 0 Å². The van der Waals surface area contributed by atoms with Crippen LogP contribution in [0.15, 0.2) is 24.3 Å². The van der Waals surface area contributed by atoms with E-state index in [1.54, 1.807) is 0 Å². The third kappa shape index (κ3) is 2.35. The molecule has 1 aliphatic carbocycles. The molecule has 2 rings (SSSR count). The Balaban J connectivity index is 1.86. The topological polar surface area (TPSA) is 55.1 Å². The molecular formula is C13H18N2O. The zero-order valence-electron chi connectivity index (χ0n) is 9.79. The highest BCUT2D eigenvalue weighted by Crippen LogP contribution is 2.51. The van der Waals surface area contributed by atoms with Crippen LogP contribution < -0.4 is 11.1 Å². The summed E-state index contributed by atoms with van der Waals surface area (Å²) < 4.78 is 0. The molecule has 1 fully saturated rings. The van der Waals surface area contributed by atoms with Gasteiger partial charge >= 0.3 is 0 Å². The predicted molar refractivity (Wildman–Crippen MR) is 64.6 cm³/mol.